The van der Waals surface area contributed by atoms with Crippen LogP contribution in [0.25, 0.3) is 0 Å². The van der Waals surface area contributed by atoms with Gasteiger partial charge < -0.3 is 10.5 Å². The Morgan fingerprint density at radius 2 is 2.43 bits per heavy atom. The number of ether oxygens (including phenoxy) is 1. The second kappa shape index (κ2) is 4.52. The molecular weight excluding hydrogens is 186 g/mol. The van der Waals surface area contributed by atoms with Gasteiger partial charge in [-0.2, -0.15) is 0 Å². The van der Waals surface area contributed by atoms with Crippen LogP contribution in [0.5, 0.6) is 0 Å². The molecule has 0 unspecified atom stereocenters. The number of nitrogen functional groups attached to an aromatic ring is 1. The van der Waals surface area contributed by atoms with E-state index in [1.165, 1.54) is 6.07 Å². The Kier molecular flexibility index (Phi) is 3.35. The van der Waals surface area contributed by atoms with Crippen LogP contribution in [0.3, 0.4) is 0 Å². The minimum Gasteiger partial charge on any atom is -0.384 e. The van der Waals surface area contributed by atoms with Crippen molar-refractivity contribution in [3.63, 3.8) is 0 Å². The van der Waals surface area contributed by atoms with Gasteiger partial charge in [0.1, 0.15) is 12.0 Å². The number of methoxy groups -OCH3 is 1. The van der Waals surface area contributed by atoms with Gasteiger partial charge in [-0.25, -0.2) is 4.98 Å². The van der Waals surface area contributed by atoms with Crippen molar-refractivity contribution >= 4 is 11.5 Å². The highest BCUT2D eigenvalue weighted by molar-refractivity contribution is 5.45. The van der Waals surface area contributed by atoms with Gasteiger partial charge >= 0.3 is 0 Å². The summed E-state index contributed by atoms with van der Waals surface area (Å²) in [6.45, 7) is 0.465. The molecule has 1 rings (SSSR count). The number of anilines is 1. The molecule has 0 atom stereocenters. The Labute approximate surface area is 80.9 Å². The number of nitro groups is 1. The van der Waals surface area contributed by atoms with Crippen LogP contribution in [0.15, 0.2) is 12.3 Å². The summed E-state index contributed by atoms with van der Waals surface area (Å²) in [7, 11) is 1.56. The molecule has 0 radical (unpaired) electrons. The van der Waals surface area contributed by atoms with Crippen molar-refractivity contribution in [2.24, 2.45) is 0 Å². The number of pyridine rings is 1. The molecule has 1 aromatic heterocycles. The van der Waals surface area contributed by atoms with Crippen molar-refractivity contribution in [1.82, 2.24) is 4.98 Å². The number of nitrogens with two attached hydrogens (primary N) is 1. The minimum atomic E-state index is -0.497. The fraction of sp³-hybridized carbons (Fsp3) is 0.375. The molecule has 76 valence electrons. The Morgan fingerprint density at radius 1 is 1.71 bits per heavy atom. The lowest BCUT2D eigenvalue weighted by atomic mass is 10.2. The zero-order valence-electron chi connectivity index (χ0n) is 7.77. The second-order valence-corrected chi connectivity index (χ2v) is 2.74. The normalized spacial score (nSPS) is 10.1. The summed E-state index contributed by atoms with van der Waals surface area (Å²) < 4.78 is 4.85. The number of hydrogen-bond acceptors (Lipinski definition) is 5. The van der Waals surface area contributed by atoms with Crippen LogP contribution in [0.4, 0.5) is 11.5 Å². The maximum Gasteiger partial charge on any atom is 0.288 e. The summed E-state index contributed by atoms with van der Waals surface area (Å²) in [6.07, 6.45) is 1.67. The van der Waals surface area contributed by atoms with Crippen molar-refractivity contribution in [3.05, 3.63) is 27.9 Å². The minimum absolute atomic E-state index is 0.0506. The lowest BCUT2D eigenvalue weighted by Gasteiger charge is -2.03. The highest BCUT2D eigenvalue weighted by atomic mass is 16.6. The molecule has 0 bridgehead atoms. The molecule has 2 N–H and O–H groups in total. The molecule has 14 heavy (non-hydrogen) atoms. The van der Waals surface area contributed by atoms with Gasteiger partial charge in [0.05, 0.1) is 11.5 Å². The van der Waals surface area contributed by atoms with Gasteiger partial charge in [-0.3, -0.25) is 10.1 Å². The highest BCUT2D eigenvalue weighted by Crippen LogP contribution is 2.16. The molecule has 0 spiro atoms. The summed E-state index contributed by atoms with van der Waals surface area (Å²) >= 11 is 0. The molecule has 6 heteroatoms. The van der Waals surface area contributed by atoms with Crippen molar-refractivity contribution in [2.75, 3.05) is 19.5 Å². The zero-order chi connectivity index (χ0) is 10.6. The van der Waals surface area contributed by atoms with Crippen molar-refractivity contribution in [2.45, 2.75) is 6.42 Å². The first-order valence-electron chi connectivity index (χ1n) is 4.03. The van der Waals surface area contributed by atoms with Crippen LogP contribution in [0.2, 0.25) is 0 Å². The van der Waals surface area contributed by atoms with Gasteiger partial charge in [0.2, 0.25) is 0 Å². The predicted octanol–water partition coefficient (Wildman–Crippen LogP) is 0.761. The topological polar surface area (TPSA) is 91.3 Å². The lowest BCUT2D eigenvalue weighted by Crippen LogP contribution is -2.03. The fourth-order valence-corrected chi connectivity index (χ4v) is 1.02. The monoisotopic (exact) mass is 197 g/mol. The Hall–Kier alpha value is -1.69. The van der Waals surface area contributed by atoms with E-state index < -0.39 is 4.92 Å². The van der Waals surface area contributed by atoms with Gasteiger partial charge in [0.25, 0.3) is 5.69 Å². The summed E-state index contributed by atoms with van der Waals surface area (Å²) in [6, 6.07) is 1.42. The smallest absolute Gasteiger partial charge is 0.288 e. The first-order valence-corrected chi connectivity index (χ1v) is 4.03. The Bertz CT molecular complexity index is 341. The summed E-state index contributed by atoms with van der Waals surface area (Å²) in [5.41, 5.74) is 6.13. The van der Waals surface area contributed by atoms with Crippen LogP contribution >= 0.6 is 0 Å². The molecule has 0 saturated heterocycles. The van der Waals surface area contributed by atoms with Crippen molar-refractivity contribution < 1.29 is 9.66 Å². The molecule has 1 heterocycles. The summed E-state index contributed by atoms with van der Waals surface area (Å²) in [4.78, 5) is 13.7. The maximum atomic E-state index is 10.4. The van der Waals surface area contributed by atoms with Crippen LogP contribution in [0.1, 0.15) is 5.56 Å². The quantitative estimate of drug-likeness (QED) is 0.568. The standard InChI is InChI=1S/C8H11N3O3/c1-14-3-2-6-4-7(11(12)13)5-10-8(6)9/h4-5H,2-3H2,1H3,(H2,9,10). The summed E-state index contributed by atoms with van der Waals surface area (Å²) in [5.74, 6) is 0.313. The average Bonchev–Trinajstić information content (AvgIpc) is 2.16. The van der Waals surface area contributed by atoms with E-state index in [1.807, 2.05) is 0 Å². The Balaban J connectivity index is 2.90. The molecule has 0 saturated carbocycles. The third-order valence-corrected chi connectivity index (χ3v) is 1.77. The molecule has 0 aliphatic carbocycles. The van der Waals surface area contributed by atoms with E-state index in [1.54, 1.807) is 7.11 Å². The molecule has 0 aromatic carbocycles. The summed E-state index contributed by atoms with van der Waals surface area (Å²) in [5, 5.41) is 10.4. The average molecular weight is 197 g/mol. The lowest BCUT2D eigenvalue weighted by molar-refractivity contribution is -0.385. The molecule has 1 aromatic rings. The second-order valence-electron chi connectivity index (χ2n) is 2.74. The first kappa shape index (κ1) is 10.4. The number of nitrogens with zero attached hydrogens (tertiary/aromatic N) is 2. The third-order valence-electron chi connectivity index (χ3n) is 1.77. The molecule has 0 aliphatic heterocycles. The van der Waals surface area contributed by atoms with Gasteiger partial charge in [-0.05, 0) is 6.42 Å². The first-order chi connectivity index (χ1) is 6.65. The Morgan fingerprint density at radius 3 is 3.00 bits per heavy atom. The SMILES string of the molecule is COCCc1cc([N+](=O)[O-])cnc1N. The molecular formula is C8H11N3O3. The van der Waals surface area contributed by atoms with Crippen LogP contribution in [-0.4, -0.2) is 23.6 Å². The number of rotatable bonds is 4. The van der Waals surface area contributed by atoms with E-state index in [4.69, 9.17) is 10.5 Å². The van der Waals surface area contributed by atoms with Crippen LogP contribution < -0.4 is 5.73 Å². The molecule has 0 aliphatic rings. The zero-order valence-corrected chi connectivity index (χ0v) is 7.77. The van der Waals surface area contributed by atoms with E-state index in [-0.39, 0.29) is 5.69 Å². The largest absolute Gasteiger partial charge is 0.384 e. The van der Waals surface area contributed by atoms with Crippen LogP contribution in [0, 0.1) is 10.1 Å². The van der Waals surface area contributed by atoms with E-state index in [9.17, 15) is 10.1 Å². The van der Waals surface area contributed by atoms with Gasteiger partial charge in [-0.1, -0.05) is 0 Å². The maximum absolute atomic E-state index is 10.4. The van der Waals surface area contributed by atoms with E-state index >= 15 is 0 Å². The highest BCUT2D eigenvalue weighted by Gasteiger charge is 2.09. The van der Waals surface area contributed by atoms with Crippen LogP contribution in [-0.2, 0) is 11.2 Å². The van der Waals surface area contributed by atoms with E-state index in [0.717, 1.165) is 6.20 Å². The van der Waals surface area contributed by atoms with Gasteiger partial charge in [-0.15, -0.1) is 0 Å². The molecule has 0 fully saturated rings. The van der Waals surface area contributed by atoms with E-state index in [2.05, 4.69) is 4.98 Å². The number of aromatic nitrogens is 1. The van der Waals surface area contributed by atoms with Gasteiger partial charge in [0, 0.05) is 18.7 Å². The molecule has 6 nitrogen and oxygen atoms in total. The molecule has 0 amide bonds. The fourth-order valence-electron chi connectivity index (χ4n) is 1.02. The third kappa shape index (κ3) is 2.40. The van der Waals surface area contributed by atoms with E-state index in [0.29, 0.717) is 24.4 Å². The van der Waals surface area contributed by atoms with Crippen molar-refractivity contribution in [3.8, 4) is 0 Å². The number of hydrogen-bond donors (Lipinski definition) is 1. The predicted molar refractivity (Wildman–Crippen MR) is 50.9 cm³/mol. The van der Waals surface area contributed by atoms with Crippen molar-refractivity contribution in [1.29, 1.82) is 0 Å². The van der Waals surface area contributed by atoms with Gasteiger partial charge in [0.15, 0.2) is 0 Å².